The van der Waals surface area contributed by atoms with E-state index in [1.807, 2.05) is 6.07 Å². The number of carbonyl (C=O) groups excluding carboxylic acids is 2. The number of fused-ring (bicyclic) bond motifs is 7. The third kappa shape index (κ3) is 3.90. The standard InChI is InChI=1S/C32H32N2O5/c1-4-32(38)25-15-27-29-23(16-34(27)30(36)24(25)17-39-31(32)37)22(13-18(2)3)28-21-14-19(7-5-6-12-35)8-9-20(21)10-11-26(28)33-29/h8-12,14-15,18,38H,4-7,13,16-17H2,1-3H3/t32-/m0/s1. The van der Waals surface area contributed by atoms with Crippen molar-refractivity contribution in [3.8, 4) is 11.4 Å². The van der Waals surface area contributed by atoms with E-state index >= 15 is 0 Å². The Morgan fingerprint density at radius 2 is 1.95 bits per heavy atom. The Hall–Kier alpha value is -3.84. The molecule has 7 nitrogen and oxygen atoms in total. The molecule has 0 unspecified atom stereocenters. The number of benzene rings is 2. The summed E-state index contributed by atoms with van der Waals surface area (Å²) in [5.74, 6) is -0.349. The molecule has 7 heteroatoms. The minimum atomic E-state index is -1.85. The van der Waals surface area contributed by atoms with Gasteiger partial charge in [-0.15, -0.1) is 0 Å². The number of rotatable bonds is 7. The van der Waals surface area contributed by atoms with E-state index in [4.69, 9.17) is 9.72 Å². The summed E-state index contributed by atoms with van der Waals surface area (Å²) in [6, 6.07) is 12.4. The second-order valence-electron chi connectivity index (χ2n) is 11.2. The van der Waals surface area contributed by atoms with Crippen LogP contribution in [0, 0.1) is 5.92 Å². The average molecular weight is 525 g/mol. The van der Waals surface area contributed by atoms with Crippen LogP contribution in [0.3, 0.4) is 0 Å². The van der Waals surface area contributed by atoms with Gasteiger partial charge in [0, 0.05) is 22.9 Å². The van der Waals surface area contributed by atoms with E-state index in [0.29, 0.717) is 35.7 Å². The summed E-state index contributed by atoms with van der Waals surface area (Å²) in [4.78, 5) is 42.2. The van der Waals surface area contributed by atoms with E-state index in [0.717, 1.165) is 58.5 Å². The molecular formula is C32H32N2O5. The van der Waals surface area contributed by atoms with Gasteiger partial charge in [-0.2, -0.15) is 0 Å². The first-order valence-electron chi connectivity index (χ1n) is 13.7. The SMILES string of the molecule is CC[C@@]1(O)C(=O)OCc2c1cc1n(c2=O)Cc2c-1nc1ccc3ccc(CCCC=O)cc3c1c2CC(C)C. The molecule has 0 saturated carbocycles. The van der Waals surface area contributed by atoms with Crippen LogP contribution in [0.4, 0.5) is 0 Å². The fourth-order valence-electron chi connectivity index (χ4n) is 6.22. The second kappa shape index (κ2) is 9.42. The summed E-state index contributed by atoms with van der Waals surface area (Å²) in [5, 5.41) is 14.6. The Morgan fingerprint density at radius 1 is 1.15 bits per heavy atom. The van der Waals surface area contributed by atoms with Gasteiger partial charge in [-0.25, -0.2) is 9.78 Å². The van der Waals surface area contributed by atoms with Crippen molar-refractivity contribution in [1.82, 2.24) is 9.55 Å². The number of nitrogens with zero attached hydrogens (tertiary/aromatic N) is 2. The molecule has 1 N–H and O–H groups in total. The van der Waals surface area contributed by atoms with Gasteiger partial charge in [0.05, 0.1) is 29.0 Å². The molecule has 2 aromatic carbocycles. The lowest BCUT2D eigenvalue weighted by molar-refractivity contribution is -0.172. The van der Waals surface area contributed by atoms with Gasteiger partial charge in [0.15, 0.2) is 5.60 Å². The normalized spacial score (nSPS) is 17.8. The van der Waals surface area contributed by atoms with E-state index < -0.39 is 11.6 Å². The molecule has 0 bridgehead atoms. The van der Waals surface area contributed by atoms with Crippen LogP contribution < -0.4 is 5.56 Å². The topological polar surface area (TPSA) is 98.5 Å². The van der Waals surface area contributed by atoms with Gasteiger partial charge < -0.3 is 19.2 Å². The predicted molar refractivity (Wildman–Crippen MR) is 150 cm³/mol. The maximum atomic E-state index is 13.7. The highest BCUT2D eigenvalue weighted by atomic mass is 16.6. The molecule has 1 atom stereocenters. The Labute approximate surface area is 226 Å². The summed E-state index contributed by atoms with van der Waals surface area (Å²) in [7, 11) is 0. The van der Waals surface area contributed by atoms with Crippen LogP contribution in [0.15, 0.2) is 41.2 Å². The van der Waals surface area contributed by atoms with Crippen molar-refractivity contribution in [2.45, 2.75) is 71.6 Å². The molecule has 0 radical (unpaired) electrons. The first kappa shape index (κ1) is 25.4. The van der Waals surface area contributed by atoms with Crippen molar-refractivity contribution in [1.29, 1.82) is 0 Å². The molecule has 4 aromatic rings. The molecule has 0 amide bonds. The van der Waals surface area contributed by atoms with E-state index in [9.17, 15) is 19.5 Å². The molecule has 0 spiro atoms. The number of hydrogen-bond donors (Lipinski definition) is 1. The quantitative estimate of drug-likeness (QED) is 0.140. The molecule has 6 rings (SSSR count). The Morgan fingerprint density at radius 3 is 2.69 bits per heavy atom. The van der Waals surface area contributed by atoms with Crippen molar-refractivity contribution in [3.63, 3.8) is 0 Å². The first-order chi connectivity index (χ1) is 18.8. The monoisotopic (exact) mass is 524 g/mol. The van der Waals surface area contributed by atoms with Gasteiger partial charge >= 0.3 is 5.97 Å². The molecule has 0 fully saturated rings. The molecule has 39 heavy (non-hydrogen) atoms. The number of aliphatic hydroxyl groups is 1. The fourth-order valence-corrected chi connectivity index (χ4v) is 6.22. The van der Waals surface area contributed by atoms with Gasteiger partial charge in [-0.05, 0) is 65.6 Å². The number of hydrogen-bond acceptors (Lipinski definition) is 6. The summed E-state index contributed by atoms with van der Waals surface area (Å²) in [6.07, 6.45) is 4.08. The summed E-state index contributed by atoms with van der Waals surface area (Å²) in [6.45, 7) is 6.32. The zero-order valence-corrected chi connectivity index (χ0v) is 22.5. The van der Waals surface area contributed by atoms with Gasteiger partial charge in [0.1, 0.15) is 12.9 Å². The summed E-state index contributed by atoms with van der Waals surface area (Å²) < 4.78 is 6.94. The number of aromatic nitrogens is 2. The third-order valence-electron chi connectivity index (χ3n) is 8.25. The molecule has 0 saturated heterocycles. The summed E-state index contributed by atoms with van der Waals surface area (Å²) >= 11 is 0. The van der Waals surface area contributed by atoms with E-state index in [1.54, 1.807) is 17.6 Å². The second-order valence-corrected chi connectivity index (χ2v) is 11.2. The average Bonchev–Trinajstić information content (AvgIpc) is 3.29. The van der Waals surface area contributed by atoms with Gasteiger partial charge in [-0.1, -0.05) is 45.0 Å². The molecule has 200 valence electrons. The van der Waals surface area contributed by atoms with E-state index in [-0.39, 0.29) is 18.6 Å². The van der Waals surface area contributed by atoms with E-state index in [1.165, 1.54) is 11.1 Å². The van der Waals surface area contributed by atoms with Crippen molar-refractivity contribution in [3.05, 3.63) is 74.6 Å². The van der Waals surface area contributed by atoms with Crippen LogP contribution in [0.1, 0.15) is 67.9 Å². The largest absolute Gasteiger partial charge is 0.458 e. The smallest absolute Gasteiger partial charge is 0.343 e. The van der Waals surface area contributed by atoms with Crippen LogP contribution >= 0.6 is 0 Å². The lowest BCUT2D eigenvalue weighted by Gasteiger charge is -2.31. The van der Waals surface area contributed by atoms with Crippen LogP contribution in [-0.2, 0) is 45.9 Å². The molecule has 4 heterocycles. The van der Waals surface area contributed by atoms with Gasteiger partial charge in [-0.3, -0.25) is 4.79 Å². The minimum absolute atomic E-state index is 0.111. The zero-order chi connectivity index (χ0) is 27.5. The Kier molecular flexibility index (Phi) is 6.14. The maximum Gasteiger partial charge on any atom is 0.343 e. The van der Waals surface area contributed by atoms with Gasteiger partial charge in [0.25, 0.3) is 5.56 Å². The molecule has 2 aliphatic rings. The number of pyridine rings is 2. The molecule has 2 aliphatic heterocycles. The minimum Gasteiger partial charge on any atom is -0.458 e. The Balaban J connectivity index is 1.61. The Bertz CT molecular complexity index is 1740. The highest BCUT2D eigenvalue weighted by Crippen LogP contribution is 2.42. The molecule has 2 aromatic heterocycles. The lowest BCUT2D eigenvalue weighted by atomic mass is 9.86. The predicted octanol–water partition coefficient (Wildman–Crippen LogP) is 4.95. The number of aryl methyl sites for hydroxylation is 1. The number of unbranched alkanes of at least 4 members (excludes halogenated alkanes) is 1. The van der Waals surface area contributed by atoms with Crippen LogP contribution in [-0.4, -0.2) is 26.9 Å². The first-order valence-corrected chi connectivity index (χ1v) is 13.7. The zero-order valence-electron chi connectivity index (χ0n) is 22.5. The molecular weight excluding hydrogens is 492 g/mol. The van der Waals surface area contributed by atoms with Crippen LogP contribution in [0.2, 0.25) is 0 Å². The molecule has 0 aliphatic carbocycles. The summed E-state index contributed by atoms with van der Waals surface area (Å²) in [5.41, 5.74) is 4.16. The number of aldehydes is 1. The number of ether oxygens (including phenoxy) is 1. The van der Waals surface area contributed by atoms with Crippen LogP contribution in [0.25, 0.3) is 33.1 Å². The lowest BCUT2D eigenvalue weighted by Crippen LogP contribution is -2.44. The highest BCUT2D eigenvalue weighted by Gasteiger charge is 2.45. The van der Waals surface area contributed by atoms with Crippen molar-refractivity contribution in [2.24, 2.45) is 5.92 Å². The maximum absolute atomic E-state index is 13.7. The van der Waals surface area contributed by atoms with Crippen molar-refractivity contribution < 1.29 is 19.4 Å². The van der Waals surface area contributed by atoms with Crippen molar-refractivity contribution in [2.75, 3.05) is 0 Å². The number of carbonyl (C=O) groups is 2. The third-order valence-corrected chi connectivity index (χ3v) is 8.25. The van der Waals surface area contributed by atoms with Crippen LogP contribution in [0.5, 0.6) is 0 Å². The van der Waals surface area contributed by atoms with Crippen molar-refractivity contribution >= 4 is 33.9 Å². The number of esters is 1. The fraction of sp³-hybridized carbons (Fsp3) is 0.375. The van der Waals surface area contributed by atoms with Gasteiger partial charge in [0.2, 0.25) is 0 Å². The number of cyclic esters (lactones) is 1. The highest BCUT2D eigenvalue weighted by molar-refractivity contribution is 6.09. The van der Waals surface area contributed by atoms with E-state index in [2.05, 4.69) is 38.1 Å².